The smallest absolute Gasteiger partial charge is 0.220 e. The molecule has 0 spiro atoms. The highest BCUT2D eigenvalue weighted by Gasteiger charge is 2.12. The molecule has 0 aliphatic rings. The van der Waals surface area contributed by atoms with Gasteiger partial charge in [0.1, 0.15) is 0 Å². The maximum absolute atomic E-state index is 11.2. The quantitative estimate of drug-likeness (QED) is 0.536. The monoisotopic (exact) mass is 191 g/mol. The molecule has 0 fully saturated rings. The van der Waals surface area contributed by atoms with Crippen LogP contribution in [0.15, 0.2) is 0 Å². The van der Waals surface area contributed by atoms with Gasteiger partial charge in [-0.3, -0.25) is 4.79 Å². The van der Waals surface area contributed by atoms with Gasteiger partial charge >= 0.3 is 0 Å². The van der Waals surface area contributed by atoms with Crippen LogP contribution in [0.4, 0.5) is 0 Å². The Morgan fingerprint density at radius 2 is 1.92 bits per heavy atom. The molecule has 0 unspecified atom stereocenters. The normalized spacial score (nSPS) is 11.3. The zero-order valence-corrected chi connectivity index (χ0v) is 8.87. The summed E-state index contributed by atoms with van der Waals surface area (Å²) in [5.74, 6) is 0.760. The van der Waals surface area contributed by atoms with Crippen molar-refractivity contribution >= 4 is 17.5 Å². The van der Waals surface area contributed by atoms with Crippen molar-refractivity contribution in [3.8, 4) is 0 Å². The number of alkyl halides is 1. The summed E-state index contributed by atoms with van der Waals surface area (Å²) in [5, 5.41) is 2.90. The lowest BCUT2D eigenvalue weighted by atomic mass is 10.1. The SMILES string of the molecule is CC(C)(C)NC(=O)CCCCCl. The molecule has 0 aromatic rings. The van der Waals surface area contributed by atoms with Crippen molar-refractivity contribution in [2.75, 3.05) is 5.88 Å². The van der Waals surface area contributed by atoms with E-state index in [0.717, 1.165) is 12.8 Å². The number of amides is 1. The Morgan fingerprint density at radius 1 is 1.33 bits per heavy atom. The molecule has 0 aliphatic carbocycles. The van der Waals surface area contributed by atoms with Gasteiger partial charge in [0.2, 0.25) is 5.91 Å². The second-order valence-corrected chi connectivity index (χ2v) is 4.32. The summed E-state index contributed by atoms with van der Waals surface area (Å²) in [4.78, 5) is 11.2. The minimum atomic E-state index is -0.113. The molecule has 3 heteroatoms. The molecule has 0 aliphatic heterocycles. The lowest BCUT2D eigenvalue weighted by Crippen LogP contribution is -2.40. The maximum Gasteiger partial charge on any atom is 0.220 e. The van der Waals surface area contributed by atoms with E-state index in [1.807, 2.05) is 20.8 Å². The molecule has 0 saturated heterocycles. The first-order valence-corrected chi connectivity index (χ1v) is 4.86. The number of hydrogen-bond acceptors (Lipinski definition) is 1. The van der Waals surface area contributed by atoms with Crippen LogP contribution in [0.2, 0.25) is 0 Å². The average Bonchev–Trinajstić information content (AvgIpc) is 1.84. The number of carbonyl (C=O) groups excluding carboxylic acids is 1. The topological polar surface area (TPSA) is 29.1 Å². The van der Waals surface area contributed by atoms with E-state index in [0.29, 0.717) is 12.3 Å². The zero-order valence-electron chi connectivity index (χ0n) is 8.11. The van der Waals surface area contributed by atoms with Crippen LogP contribution in [-0.2, 0) is 4.79 Å². The molecular weight excluding hydrogens is 174 g/mol. The summed E-state index contributed by atoms with van der Waals surface area (Å²) in [6.45, 7) is 5.94. The van der Waals surface area contributed by atoms with E-state index in [4.69, 9.17) is 11.6 Å². The highest BCUT2D eigenvalue weighted by atomic mass is 35.5. The van der Waals surface area contributed by atoms with E-state index in [9.17, 15) is 4.79 Å². The summed E-state index contributed by atoms with van der Waals surface area (Å²) in [6.07, 6.45) is 2.38. The summed E-state index contributed by atoms with van der Waals surface area (Å²) in [7, 11) is 0. The first-order chi connectivity index (χ1) is 5.45. The lowest BCUT2D eigenvalue weighted by molar-refractivity contribution is -0.122. The Bertz CT molecular complexity index is 140. The van der Waals surface area contributed by atoms with Crippen molar-refractivity contribution in [1.29, 1.82) is 0 Å². The largest absolute Gasteiger partial charge is 0.352 e. The van der Waals surface area contributed by atoms with Gasteiger partial charge in [0.15, 0.2) is 0 Å². The Hall–Kier alpha value is -0.240. The number of halogens is 1. The molecule has 0 saturated carbocycles. The zero-order chi connectivity index (χ0) is 9.61. The maximum atomic E-state index is 11.2. The van der Waals surface area contributed by atoms with Crippen LogP contribution in [0, 0.1) is 0 Å². The molecule has 0 heterocycles. The van der Waals surface area contributed by atoms with Crippen LogP contribution < -0.4 is 5.32 Å². The standard InChI is InChI=1S/C9H18ClNO/c1-9(2,3)11-8(12)6-4-5-7-10/h4-7H2,1-3H3,(H,11,12). The van der Waals surface area contributed by atoms with E-state index < -0.39 is 0 Å². The number of unbranched alkanes of at least 4 members (excludes halogenated alkanes) is 1. The van der Waals surface area contributed by atoms with Gasteiger partial charge in [-0.2, -0.15) is 0 Å². The highest BCUT2D eigenvalue weighted by Crippen LogP contribution is 2.02. The van der Waals surface area contributed by atoms with Crippen LogP contribution in [0.3, 0.4) is 0 Å². The Balaban J connectivity index is 3.47. The van der Waals surface area contributed by atoms with E-state index in [2.05, 4.69) is 5.32 Å². The molecule has 2 nitrogen and oxygen atoms in total. The molecule has 0 aromatic carbocycles. The molecular formula is C9H18ClNO. The van der Waals surface area contributed by atoms with Crippen LogP contribution >= 0.6 is 11.6 Å². The van der Waals surface area contributed by atoms with Gasteiger partial charge in [0.05, 0.1) is 0 Å². The third-order valence-electron chi connectivity index (χ3n) is 1.30. The van der Waals surface area contributed by atoms with E-state index in [1.54, 1.807) is 0 Å². The predicted octanol–water partition coefficient (Wildman–Crippen LogP) is 2.31. The van der Waals surface area contributed by atoms with Crippen LogP contribution in [-0.4, -0.2) is 17.3 Å². The molecule has 1 amide bonds. The summed E-state index contributed by atoms with van der Waals surface area (Å²) >= 11 is 5.49. The first-order valence-electron chi connectivity index (χ1n) is 4.32. The van der Waals surface area contributed by atoms with E-state index >= 15 is 0 Å². The van der Waals surface area contributed by atoms with Gasteiger partial charge in [-0.25, -0.2) is 0 Å². The molecule has 0 aromatic heterocycles. The molecule has 12 heavy (non-hydrogen) atoms. The fourth-order valence-corrected chi connectivity index (χ4v) is 1.05. The van der Waals surface area contributed by atoms with Gasteiger partial charge in [-0.15, -0.1) is 11.6 Å². The molecule has 1 N–H and O–H groups in total. The van der Waals surface area contributed by atoms with Crippen LogP contribution in [0.1, 0.15) is 40.0 Å². The second-order valence-electron chi connectivity index (χ2n) is 3.94. The van der Waals surface area contributed by atoms with Crippen LogP contribution in [0.25, 0.3) is 0 Å². The lowest BCUT2D eigenvalue weighted by Gasteiger charge is -2.20. The predicted molar refractivity (Wildman–Crippen MR) is 52.5 cm³/mol. The summed E-state index contributed by atoms with van der Waals surface area (Å²) in [6, 6.07) is 0. The number of nitrogens with one attached hydrogen (secondary N) is 1. The van der Waals surface area contributed by atoms with Gasteiger partial charge in [-0.05, 0) is 33.6 Å². The number of carbonyl (C=O) groups is 1. The Labute approximate surface area is 79.7 Å². The van der Waals surface area contributed by atoms with Gasteiger partial charge < -0.3 is 5.32 Å². The fraction of sp³-hybridized carbons (Fsp3) is 0.889. The fourth-order valence-electron chi connectivity index (χ4n) is 0.861. The van der Waals surface area contributed by atoms with Crippen LogP contribution in [0.5, 0.6) is 0 Å². The van der Waals surface area contributed by atoms with E-state index in [1.165, 1.54) is 0 Å². The van der Waals surface area contributed by atoms with Crippen molar-refractivity contribution in [3.05, 3.63) is 0 Å². The molecule has 0 rings (SSSR count). The van der Waals surface area contributed by atoms with Crippen molar-refractivity contribution in [2.24, 2.45) is 0 Å². The third-order valence-corrected chi connectivity index (χ3v) is 1.57. The summed E-state index contributed by atoms with van der Waals surface area (Å²) in [5.41, 5.74) is -0.113. The Kier molecular flexibility index (Phi) is 5.31. The van der Waals surface area contributed by atoms with Crippen molar-refractivity contribution in [3.63, 3.8) is 0 Å². The third kappa shape index (κ3) is 7.86. The van der Waals surface area contributed by atoms with Crippen molar-refractivity contribution in [2.45, 2.75) is 45.6 Å². The summed E-state index contributed by atoms with van der Waals surface area (Å²) < 4.78 is 0. The number of hydrogen-bond donors (Lipinski definition) is 1. The van der Waals surface area contributed by atoms with Gasteiger partial charge in [-0.1, -0.05) is 0 Å². The highest BCUT2D eigenvalue weighted by molar-refractivity contribution is 6.17. The number of rotatable bonds is 4. The minimum absolute atomic E-state index is 0.113. The molecule has 0 radical (unpaired) electrons. The molecule has 72 valence electrons. The van der Waals surface area contributed by atoms with E-state index in [-0.39, 0.29) is 11.4 Å². The first kappa shape index (κ1) is 11.8. The van der Waals surface area contributed by atoms with Crippen molar-refractivity contribution in [1.82, 2.24) is 5.32 Å². The second kappa shape index (κ2) is 5.41. The van der Waals surface area contributed by atoms with Gasteiger partial charge in [0.25, 0.3) is 0 Å². The van der Waals surface area contributed by atoms with Crippen molar-refractivity contribution < 1.29 is 4.79 Å². The molecule has 0 atom stereocenters. The average molecular weight is 192 g/mol. The minimum Gasteiger partial charge on any atom is -0.352 e. The van der Waals surface area contributed by atoms with Gasteiger partial charge in [0, 0.05) is 17.8 Å². The Morgan fingerprint density at radius 3 is 2.33 bits per heavy atom. The molecule has 0 bridgehead atoms.